The van der Waals surface area contributed by atoms with Crippen molar-refractivity contribution in [3.63, 3.8) is 0 Å². The van der Waals surface area contributed by atoms with Gasteiger partial charge in [0.1, 0.15) is 6.10 Å². The minimum atomic E-state index is -1.10. The van der Waals surface area contributed by atoms with Crippen molar-refractivity contribution in [3.05, 3.63) is 24.3 Å². The summed E-state index contributed by atoms with van der Waals surface area (Å²) < 4.78 is 0. The summed E-state index contributed by atoms with van der Waals surface area (Å²) in [5, 5.41) is 33.1. The number of nitrogens with one attached hydrogen (secondary N) is 1. The molecule has 1 amide bonds. The second kappa shape index (κ2) is 41.6. The van der Waals surface area contributed by atoms with E-state index in [-0.39, 0.29) is 6.61 Å². The van der Waals surface area contributed by atoms with E-state index in [1.54, 1.807) is 6.08 Å². The molecule has 3 atom stereocenters. The molecule has 51 heavy (non-hydrogen) atoms. The molecule has 0 aliphatic carbocycles. The topological polar surface area (TPSA) is 89.8 Å². The lowest BCUT2D eigenvalue weighted by molar-refractivity contribution is -0.131. The molecule has 0 aliphatic rings. The maximum Gasteiger partial charge on any atom is 0.249 e. The molecule has 0 saturated carbocycles. The van der Waals surface area contributed by atoms with Gasteiger partial charge in [0, 0.05) is 0 Å². The number of carbonyl (C=O) groups excluding carboxylic acids is 1. The van der Waals surface area contributed by atoms with Crippen molar-refractivity contribution in [2.45, 2.75) is 257 Å². The molecule has 0 aromatic carbocycles. The third-order valence-corrected chi connectivity index (χ3v) is 10.5. The lowest BCUT2D eigenvalue weighted by atomic mass is 10.0. The Kier molecular flexibility index (Phi) is 40.6. The molecule has 5 nitrogen and oxygen atoms in total. The van der Waals surface area contributed by atoms with Gasteiger partial charge in [-0.25, -0.2) is 0 Å². The number of hydrogen-bond acceptors (Lipinski definition) is 4. The number of rotatable bonds is 41. The van der Waals surface area contributed by atoms with E-state index < -0.39 is 24.2 Å². The number of carbonyl (C=O) groups is 1. The van der Waals surface area contributed by atoms with Crippen molar-refractivity contribution in [2.75, 3.05) is 6.61 Å². The molecular formula is C46H89NO4. The average molecular weight is 720 g/mol. The first kappa shape index (κ1) is 49.8. The van der Waals surface area contributed by atoms with Crippen LogP contribution in [0.1, 0.15) is 239 Å². The summed E-state index contributed by atoms with van der Waals surface area (Å²) in [5.74, 6) is -0.506. The maximum atomic E-state index is 12.5. The second-order valence-electron chi connectivity index (χ2n) is 15.6. The van der Waals surface area contributed by atoms with Gasteiger partial charge in [-0.1, -0.05) is 218 Å². The van der Waals surface area contributed by atoms with E-state index in [1.165, 1.54) is 186 Å². The Hall–Kier alpha value is -1.17. The van der Waals surface area contributed by atoms with Gasteiger partial charge >= 0.3 is 0 Å². The van der Waals surface area contributed by atoms with Crippen LogP contribution in [0.15, 0.2) is 24.3 Å². The Labute approximate surface area is 318 Å². The second-order valence-corrected chi connectivity index (χ2v) is 15.6. The van der Waals surface area contributed by atoms with E-state index in [4.69, 9.17) is 0 Å². The van der Waals surface area contributed by atoms with Gasteiger partial charge in [-0.3, -0.25) is 4.79 Å². The molecule has 0 saturated heterocycles. The van der Waals surface area contributed by atoms with E-state index in [1.807, 2.05) is 6.08 Å². The molecule has 0 spiro atoms. The van der Waals surface area contributed by atoms with Crippen LogP contribution in [0.4, 0.5) is 0 Å². The Morgan fingerprint density at radius 2 is 0.784 bits per heavy atom. The number of aliphatic hydroxyl groups is 3. The molecule has 0 fully saturated rings. The summed E-state index contributed by atoms with van der Waals surface area (Å²) in [4.78, 5) is 12.5. The Morgan fingerprint density at radius 3 is 1.14 bits per heavy atom. The SMILES string of the molecule is CCCCCCCCCCCCCC/C=C\CCCCCCCCC(O)C(=O)NC(CO)C(O)/C=C/CCCCCCCCCCCCCCC. The highest BCUT2D eigenvalue weighted by molar-refractivity contribution is 5.80. The van der Waals surface area contributed by atoms with Crippen molar-refractivity contribution in [1.29, 1.82) is 0 Å². The highest BCUT2D eigenvalue weighted by Crippen LogP contribution is 2.15. The molecule has 3 unspecified atom stereocenters. The third-order valence-electron chi connectivity index (χ3n) is 10.5. The molecule has 0 rings (SSSR count). The van der Waals surface area contributed by atoms with E-state index in [0.29, 0.717) is 6.42 Å². The molecule has 0 aliphatic heterocycles. The van der Waals surface area contributed by atoms with Crippen molar-refractivity contribution in [1.82, 2.24) is 5.32 Å². The first-order valence-electron chi connectivity index (χ1n) is 22.7. The normalized spacial score (nSPS) is 13.7. The summed E-state index contributed by atoms with van der Waals surface area (Å²) in [6.45, 7) is 4.19. The molecule has 0 heterocycles. The number of amides is 1. The predicted molar refractivity (Wildman–Crippen MR) is 222 cm³/mol. The quantitative estimate of drug-likeness (QED) is 0.0374. The van der Waals surface area contributed by atoms with Crippen LogP contribution in [-0.4, -0.2) is 46.1 Å². The fourth-order valence-corrected chi connectivity index (χ4v) is 6.94. The molecule has 4 N–H and O–H groups in total. The largest absolute Gasteiger partial charge is 0.394 e. The van der Waals surface area contributed by atoms with Crippen LogP contribution in [-0.2, 0) is 4.79 Å². The van der Waals surface area contributed by atoms with Gasteiger partial charge in [0.05, 0.1) is 18.8 Å². The van der Waals surface area contributed by atoms with Gasteiger partial charge in [-0.05, 0) is 44.9 Å². The first-order valence-corrected chi connectivity index (χ1v) is 22.7. The highest BCUT2D eigenvalue weighted by Gasteiger charge is 2.22. The van der Waals surface area contributed by atoms with Crippen molar-refractivity contribution in [2.24, 2.45) is 0 Å². The zero-order chi connectivity index (χ0) is 37.3. The molecule has 5 heteroatoms. The summed E-state index contributed by atoms with van der Waals surface area (Å²) in [6, 6.07) is -0.798. The number of hydrogen-bond donors (Lipinski definition) is 4. The molecule has 0 radical (unpaired) electrons. The number of aliphatic hydroxyl groups excluding tert-OH is 3. The van der Waals surface area contributed by atoms with E-state index in [0.717, 1.165) is 32.1 Å². The number of unbranched alkanes of at least 4 members (excludes halogenated alkanes) is 31. The lowest BCUT2D eigenvalue weighted by Crippen LogP contribution is -2.48. The average Bonchev–Trinajstić information content (AvgIpc) is 3.13. The van der Waals surface area contributed by atoms with Gasteiger partial charge in [0.2, 0.25) is 5.91 Å². The zero-order valence-electron chi connectivity index (χ0n) is 34.2. The Balaban J connectivity index is 3.65. The summed E-state index contributed by atoms with van der Waals surface area (Å²) in [7, 11) is 0. The molecule has 0 bridgehead atoms. The van der Waals surface area contributed by atoms with Crippen LogP contribution < -0.4 is 5.32 Å². The standard InChI is InChI=1S/C46H89NO4/c1-3-5-7-9-11-13-15-17-19-20-21-22-23-24-25-27-29-31-33-35-37-39-41-45(50)46(51)47-43(42-48)44(49)40-38-36-34-32-30-28-26-18-16-14-12-10-8-6-4-2/h24-25,38,40,43-45,48-50H,3-23,26-37,39,41-42H2,1-2H3,(H,47,51)/b25-24-,40-38+. The van der Waals surface area contributed by atoms with Crippen LogP contribution >= 0.6 is 0 Å². The van der Waals surface area contributed by atoms with Crippen LogP contribution in [0.2, 0.25) is 0 Å². The summed E-state index contributed by atoms with van der Waals surface area (Å²) in [6.07, 6.45) is 50.7. The van der Waals surface area contributed by atoms with Crippen LogP contribution in [0.5, 0.6) is 0 Å². The van der Waals surface area contributed by atoms with Gasteiger partial charge in [0.25, 0.3) is 0 Å². The van der Waals surface area contributed by atoms with Crippen LogP contribution in [0.3, 0.4) is 0 Å². The fourth-order valence-electron chi connectivity index (χ4n) is 6.94. The molecule has 0 aromatic heterocycles. The van der Waals surface area contributed by atoms with Crippen molar-refractivity contribution in [3.8, 4) is 0 Å². The minimum Gasteiger partial charge on any atom is -0.394 e. The van der Waals surface area contributed by atoms with Gasteiger partial charge in [0.15, 0.2) is 0 Å². The zero-order valence-corrected chi connectivity index (χ0v) is 34.2. The smallest absolute Gasteiger partial charge is 0.249 e. The predicted octanol–water partition coefficient (Wildman–Crippen LogP) is 13.0. The van der Waals surface area contributed by atoms with E-state index in [2.05, 4.69) is 31.3 Å². The Morgan fingerprint density at radius 1 is 0.471 bits per heavy atom. The third kappa shape index (κ3) is 37.0. The molecular weight excluding hydrogens is 631 g/mol. The van der Waals surface area contributed by atoms with Crippen LogP contribution in [0.25, 0.3) is 0 Å². The minimum absolute atomic E-state index is 0.364. The maximum absolute atomic E-state index is 12.5. The lowest BCUT2D eigenvalue weighted by Gasteiger charge is -2.21. The highest BCUT2D eigenvalue weighted by atomic mass is 16.3. The fraction of sp³-hybridized carbons (Fsp3) is 0.891. The van der Waals surface area contributed by atoms with Gasteiger partial charge in [-0.2, -0.15) is 0 Å². The summed E-state index contributed by atoms with van der Waals surface area (Å²) >= 11 is 0. The monoisotopic (exact) mass is 720 g/mol. The van der Waals surface area contributed by atoms with Crippen molar-refractivity contribution < 1.29 is 20.1 Å². The van der Waals surface area contributed by atoms with Crippen molar-refractivity contribution >= 4 is 5.91 Å². The Bertz CT molecular complexity index is 754. The summed E-state index contributed by atoms with van der Waals surface area (Å²) in [5.41, 5.74) is 0. The van der Waals surface area contributed by atoms with E-state index >= 15 is 0 Å². The van der Waals surface area contributed by atoms with Crippen LogP contribution in [0, 0.1) is 0 Å². The van der Waals surface area contributed by atoms with Gasteiger partial charge < -0.3 is 20.6 Å². The molecule has 302 valence electrons. The van der Waals surface area contributed by atoms with Gasteiger partial charge in [-0.15, -0.1) is 0 Å². The van der Waals surface area contributed by atoms with E-state index in [9.17, 15) is 20.1 Å². The first-order chi connectivity index (χ1) is 25.1. The number of allylic oxidation sites excluding steroid dienone is 3. The molecule has 0 aromatic rings.